The zero-order valence-corrected chi connectivity index (χ0v) is 11.8. The van der Waals surface area contributed by atoms with Gasteiger partial charge in [-0.1, -0.05) is 33.6 Å². The molecule has 4 heteroatoms. The smallest absolute Gasteiger partial charge is 0.0462 e. The molecule has 0 aliphatic carbocycles. The van der Waals surface area contributed by atoms with Crippen LogP contribution < -0.4 is 0 Å². The predicted octanol–water partition coefficient (Wildman–Crippen LogP) is 2.85. The Morgan fingerprint density at radius 2 is 1.94 bits per heavy atom. The molecule has 0 unspecified atom stereocenters. The van der Waals surface area contributed by atoms with Crippen LogP contribution in [0.4, 0.5) is 0 Å². The molecule has 0 radical (unpaired) electrons. The maximum atomic E-state index is 6.21. The van der Waals surface area contributed by atoms with Crippen LogP contribution in [0.3, 0.4) is 0 Å². The number of likely N-dealkylation sites (N-methyl/N-ethyl adjacent to an activating group) is 1. The van der Waals surface area contributed by atoms with Crippen LogP contribution in [0, 0.1) is 0 Å². The monoisotopic (exact) mass is 302 g/mol. The van der Waals surface area contributed by atoms with E-state index < -0.39 is 0 Å². The minimum atomic E-state index is 0.855. The molecule has 16 heavy (non-hydrogen) atoms. The van der Waals surface area contributed by atoms with Gasteiger partial charge in [0, 0.05) is 42.2 Å². The van der Waals surface area contributed by atoms with Crippen molar-refractivity contribution in [3.8, 4) is 0 Å². The summed E-state index contributed by atoms with van der Waals surface area (Å²) in [5.41, 5.74) is 1.20. The quantitative estimate of drug-likeness (QED) is 0.829. The summed E-state index contributed by atoms with van der Waals surface area (Å²) < 4.78 is 1.11. The van der Waals surface area contributed by atoms with Gasteiger partial charge in [-0.3, -0.25) is 4.90 Å². The van der Waals surface area contributed by atoms with Crippen molar-refractivity contribution in [2.75, 3.05) is 33.2 Å². The van der Waals surface area contributed by atoms with Gasteiger partial charge in [-0.15, -0.1) is 0 Å². The Bertz CT molecular complexity index is 342. The average molecular weight is 304 g/mol. The summed E-state index contributed by atoms with van der Waals surface area (Å²) in [6, 6.07) is 5.98. The van der Waals surface area contributed by atoms with Crippen LogP contribution in [0.25, 0.3) is 0 Å². The topological polar surface area (TPSA) is 6.48 Å². The van der Waals surface area contributed by atoms with Crippen LogP contribution in [-0.4, -0.2) is 43.0 Å². The highest BCUT2D eigenvalue weighted by Gasteiger charge is 2.16. The molecule has 0 spiro atoms. The van der Waals surface area contributed by atoms with E-state index >= 15 is 0 Å². The lowest BCUT2D eigenvalue weighted by Gasteiger charge is -2.32. The first-order valence-corrected chi connectivity index (χ1v) is 6.67. The third-order valence-corrected chi connectivity index (χ3v) is 4.14. The second kappa shape index (κ2) is 5.50. The molecule has 1 fully saturated rings. The summed E-state index contributed by atoms with van der Waals surface area (Å²) in [4.78, 5) is 4.81. The van der Waals surface area contributed by atoms with E-state index in [1.807, 2.05) is 12.1 Å². The fraction of sp³-hybridized carbons (Fsp3) is 0.500. The van der Waals surface area contributed by atoms with Gasteiger partial charge < -0.3 is 4.90 Å². The van der Waals surface area contributed by atoms with Crippen molar-refractivity contribution in [3.63, 3.8) is 0 Å². The number of halogens is 2. The van der Waals surface area contributed by atoms with Crippen LogP contribution in [0.5, 0.6) is 0 Å². The highest BCUT2D eigenvalue weighted by Crippen LogP contribution is 2.26. The summed E-state index contributed by atoms with van der Waals surface area (Å²) in [6.07, 6.45) is 0. The van der Waals surface area contributed by atoms with Crippen molar-refractivity contribution in [1.82, 2.24) is 9.80 Å². The molecule has 2 nitrogen and oxygen atoms in total. The Morgan fingerprint density at radius 1 is 1.25 bits per heavy atom. The van der Waals surface area contributed by atoms with Gasteiger partial charge in [0.25, 0.3) is 0 Å². The van der Waals surface area contributed by atoms with E-state index in [2.05, 4.69) is 38.8 Å². The summed E-state index contributed by atoms with van der Waals surface area (Å²) in [6.45, 7) is 5.46. The minimum Gasteiger partial charge on any atom is -0.304 e. The number of hydrogen-bond acceptors (Lipinski definition) is 2. The van der Waals surface area contributed by atoms with E-state index in [0.717, 1.165) is 42.2 Å². The molecule has 2 rings (SSSR count). The maximum absolute atomic E-state index is 6.21. The second-order valence-electron chi connectivity index (χ2n) is 4.28. The van der Waals surface area contributed by atoms with Crippen LogP contribution in [0.1, 0.15) is 5.56 Å². The number of rotatable bonds is 2. The lowest BCUT2D eigenvalue weighted by Crippen LogP contribution is -2.43. The first-order chi connectivity index (χ1) is 7.66. The molecule has 1 aliphatic heterocycles. The van der Waals surface area contributed by atoms with Gasteiger partial charge in [-0.25, -0.2) is 0 Å². The highest BCUT2D eigenvalue weighted by molar-refractivity contribution is 9.10. The van der Waals surface area contributed by atoms with Gasteiger partial charge in [0.1, 0.15) is 0 Å². The van der Waals surface area contributed by atoms with Crippen molar-refractivity contribution >= 4 is 27.5 Å². The number of hydrogen-bond donors (Lipinski definition) is 0. The molecule has 0 bridgehead atoms. The number of benzene rings is 1. The molecule has 1 aliphatic rings. The molecule has 0 N–H and O–H groups in total. The Morgan fingerprint density at radius 3 is 2.56 bits per heavy atom. The minimum absolute atomic E-state index is 0.855. The summed E-state index contributed by atoms with van der Waals surface area (Å²) >= 11 is 9.77. The largest absolute Gasteiger partial charge is 0.304 e. The van der Waals surface area contributed by atoms with Crippen LogP contribution in [0.2, 0.25) is 5.02 Å². The first-order valence-electron chi connectivity index (χ1n) is 5.50. The Labute approximate surface area is 110 Å². The zero-order chi connectivity index (χ0) is 11.5. The Kier molecular flexibility index (Phi) is 4.25. The van der Waals surface area contributed by atoms with Crippen molar-refractivity contribution in [3.05, 3.63) is 33.3 Å². The molecule has 0 saturated carbocycles. The van der Waals surface area contributed by atoms with Gasteiger partial charge in [-0.2, -0.15) is 0 Å². The molecule has 1 aromatic carbocycles. The highest BCUT2D eigenvalue weighted by atomic mass is 79.9. The van der Waals surface area contributed by atoms with Crippen molar-refractivity contribution in [2.45, 2.75) is 6.54 Å². The second-order valence-corrected chi connectivity index (χ2v) is 5.54. The molecule has 0 atom stereocenters. The molecular weight excluding hydrogens is 288 g/mol. The molecule has 1 saturated heterocycles. The Balaban J connectivity index is 2.04. The molecule has 88 valence electrons. The first kappa shape index (κ1) is 12.4. The van der Waals surface area contributed by atoms with E-state index in [9.17, 15) is 0 Å². The summed E-state index contributed by atoms with van der Waals surface area (Å²) in [5.74, 6) is 0. The normalized spacial score (nSPS) is 18.9. The zero-order valence-electron chi connectivity index (χ0n) is 9.42. The van der Waals surface area contributed by atoms with Gasteiger partial charge in [-0.05, 0) is 24.7 Å². The SMILES string of the molecule is CN1CCN(Cc2c(Cl)cccc2Br)CC1. The number of piperazine rings is 1. The maximum Gasteiger partial charge on any atom is 0.0462 e. The lowest BCUT2D eigenvalue weighted by molar-refractivity contribution is 0.148. The van der Waals surface area contributed by atoms with E-state index in [1.54, 1.807) is 0 Å². The van der Waals surface area contributed by atoms with E-state index in [0.29, 0.717) is 0 Å². The van der Waals surface area contributed by atoms with E-state index in [4.69, 9.17) is 11.6 Å². The van der Waals surface area contributed by atoms with Crippen molar-refractivity contribution < 1.29 is 0 Å². The molecular formula is C12H16BrClN2. The number of nitrogens with zero attached hydrogens (tertiary/aromatic N) is 2. The fourth-order valence-electron chi connectivity index (χ4n) is 1.91. The fourth-order valence-corrected chi connectivity index (χ4v) is 2.75. The van der Waals surface area contributed by atoms with Gasteiger partial charge in [0.05, 0.1) is 0 Å². The summed E-state index contributed by atoms with van der Waals surface area (Å²) in [7, 11) is 2.17. The van der Waals surface area contributed by atoms with Crippen molar-refractivity contribution in [1.29, 1.82) is 0 Å². The van der Waals surface area contributed by atoms with Gasteiger partial charge in [0.15, 0.2) is 0 Å². The van der Waals surface area contributed by atoms with Crippen LogP contribution in [-0.2, 0) is 6.54 Å². The van der Waals surface area contributed by atoms with Gasteiger partial charge in [0.2, 0.25) is 0 Å². The van der Waals surface area contributed by atoms with Gasteiger partial charge >= 0.3 is 0 Å². The average Bonchev–Trinajstić information content (AvgIpc) is 2.26. The third-order valence-electron chi connectivity index (χ3n) is 3.04. The molecule has 1 heterocycles. The van der Waals surface area contributed by atoms with E-state index in [-0.39, 0.29) is 0 Å². The van der Waals surface area contributed by atoms with Crippen LogP contribution in [0.15, 0.2) is 22.7 Å². The Hall–Kier alpha value is -0.0900. The molecule has 1 aromatic rings. The molecule has 0 aromatic heterocycles. The standard InChI is InChI=1S/C12H16BrClN2/c1-15-5-7-16(8-6-15)9-10-11(13)3-2-4-12(10)14/h2-4H,5-9H2,1H3. The molecule has 0 amide bonds. The summed E-state index contributed by atoms with van der Waals surface area (Å²) in [5, 5.41) is 0.855. The van der Waals surface area contributed by atoms with Crippen LogP contribution >= 0.6 is 27.5 Å². The van der Waals surface area contributed by atoms with Crippen molar-refractivity contribution in [2.24, 2.45) is 0 Å². The lowest BCUT2D eigenvalue weighted by atomic mass is 10.2. The third kappa shape index (κ3) is 2.98. The van der Waals surface area contributed by atoms with E-state index in [1.165, 1.54) is 5.56 Å². The predicted molar refractivity (Wildman–Crippen MR) is 71.9 cm³/mol.